The van der Waals surface area contributed by atoms with Crippen molar-refractivity contribution in [1.82, 2.24) is 4.98 Å². The molecule has 4 rings (SSSR count). The summed E-state index contributed by atoms with van der Waals surface area (Å²) in [4.78, 5) is 27.8. The third kappa shape index (κ3) is 5.70. The van der Waals surface area contributed by atoms with Gasteiger partial charge in [-0.2, -0.15) is 0 Å². The lowest BCUT2D eigenvalue weighted by molar-refractivity contribution is -0.115. The molecule has 34 heavy (non-hydrogen) atoms. The maximum absolute atomic E-state index is 12.1. The minimum absolute atomic E-state index is 0.124. The van der Waals surface area contributed by atoms with Crippen molar-refractivity contribution in [3.63, 3.8) is 0 Å². The van der Waals surface area contributed by atoms with Gasteiger partial charge in [0.15, 0.2) is 11.8 Å². The van der Waals surface area contributed by atoms with Crippen LogP contribution in [0.1, 0.15) is 21.8 Å². The van der Waals surface area contributed by atoms with Crippen molar-refractivity contribution in [2.45, 2.75) is 12.8 Å². The van der Waals surface area contributed by atoms with Gasteiger partial charge >= 0.3 is 0 Å². The second-order valence-corrected chi connectivity index (χ2v) is 8.56. The number of anilines is 1. The smallest absolute Gasteiger partial charge is 0.248 e. The van der Waals surface area contributed by atoms with E-state index in [1.54, 1.807) is 12.1 Å². The number of nitrogens with two attached hydrogens (primary N) is 1. The van der Waals surface area contributed by atoms with Crippen molar-refractivity contribution >= 4 is 50.9 Å². The monoisotopic (exact) mass is 471 g/mol. The van der Waals surface area contributed by atoms with Crippen LogP contribution < -0.4 is 11.1 Å². The highest BCUT2D eigenvalue weighted by Gasteiger charge is 2.13. The molecule has 1 aromatic heterocycles. The van der Waals surface area contributed by atoms with Crippen LogP contribution in [0.2, 0.25) is 0 Å². The largest absolute Gasteiger partial charge is 0.429 e. The molecule has 4 aromatic rings. The molecule has 0 aliphatic rings. The zero-order chi connectivity index (χ0) is 24.1. The summed E-state index contributed by atoms with van der Waals surface area (Å²) in [7, 11) is 0. The Morgan fingerprint density at radius 1 is 0.941 bits per heavy atom. The zero-order valence-corrected chi connectivity index (χ0v) is 18.8. The number of nitrogens with zero attached hydrogens (tertiary/aromatic N) is 1. The van der Waals surface area contributed by atoms with E-state index in [1.807, 2.05) is 42.5 Å². The first-order valence-electron chi connectivity index (χ1n) is 10.3. The molecule has 0 fully saturated rings. The summed E-state index contributed by atoms with van der Waals surface area (Å²) in [5.41, 5.74) is 9.02. The molecule has 5 N–H and O–H groups in total. The van der Waals surface area contributed by atoms with Crippen LogP contribution in [0.4, 0.5) is 5.69 Å². The Balaban J connectivity index is 1.31. The van der Waals surface area contributed by atoms with E-state index in [2.05, 4.69) is 16.4 Å². The Kier molecular flexibility index (Phi) is 6.74. The van der Waals surface area contributed by atoms with E-state index < -0.39 is 11.8 Å². The van der Waals surface area contributed by atoms with Gasteiger partial charge in [-0.3, -0.25) is 20.4 Å². The van der Waals surface area contributed by atoms with Gasteiger partial charge in [-0.1, -0.05) is 36.4 Å². The van der Waals surface area contributed by atoms with Gasteiger partial charge in [-0.05, 0) is 47.5 Å². The van der Waals surface area contributed by atoms with Crippen molar-refractivity contribution in [2.75, 3.05) is 5.32 Å². The molecule has 0 aliphatic carbocycles. The predicted molar refractivity (Wildman–Crippen MR) is 134 cm³/mol. The van der Waals surface area contributed by atoms with Gasteiger partial charge in [0.1, 0.15) is 11.4 Å². The van der Waals surface area contributed by atoms with E-state index in [4.69, 9.17) is 21.3 Å². The second kappa shape index (κ2) is 10.1. The molecular formula is C25H21N5O3S. The number of carbonyl (C=O) groups excluding carboxylic acids is 2. The first kappa shape index (κ1) is 22.8. The Morgan fingerprint density at radius 2 is 1.68 bits per heavy atom. The fourth-order valence-corrected chi connectivity index (χ4v) is 4.29. The lowest BCUT2D eigenvalue weighted by atomic mass is 10.1. The molecule has 3 aromatic carbocycles. The van der Waals surface area contributed by atoms with Crippen LogP contribution in [-0.2, 0) is 16.0 Å². The molecule has 9 heteroatoms. The average Bonchev–Trinajstić information content (AvgIpc) is 3.20. The molecule has 0 bridgehead atoms. The number of rotatable bonds is 7. The number of amides is 2. The molecule has 0 saturated carbocycles. The number of fused-ring (bicyclic) bond motifs is 1. The molecule has 170 valence electrons. The fourth-order valence-electron chi connectivity index (χ4n) is 3.29. The highest BCUT2D eigenvalue weighted by Crippen LogP contribution is 2.28. The fraction of sp³-hybridized carbons (Fsp3) is 0.0800. The van der Waals surface area contributed by atoms with Crippen LogP contribution >= 0.6 is 11.3 Å². The third-order valence-electron chi connectivity index (χ3n) is 4.87. The summed E-state index contributed by atoms with van der Waals surface area (Å²) in [5.74, 6) is -1.54. The van der Waals surface area contributed by atoms with Crippen molar-refractivity contribution in [2.24, 2.45) is 5.73 Å². The molecule has 0 saturated heterocycles. The minimum atomic E-state index is -0.559. The van der Waals surface area contributed by atoms with Crippen molar-refractivity contribution in [3.8, 4) is 11.1 Å². The van der Waals surface area contributed by atoms with Crippen LogP contribution in [0.25, 0.3) is 21.3 Å². The van der Waals surface area contributed by atoms with Gasteiger partial charge in [0, 0.05) is 11.3 Å². The van der Waals surface area contributed by atoms with E-state index in [0.29, 0.717) is 16.3 Å². The average molecular weight is 472 g/mol. The van der Waals surface area contributed by atoms with E-state index in [9.17, 15) is 9.59 Å². The predicted octanol–water partition coefficient (Wildman–Crippen LogP) is 4.60. The topological polar surface area (TPSA) is 142 Å². The highest BCUT2D eigenvalue weighted by atomic mass is 32.1. The Hall–Kier alpha value is -4.37. The molecule has 1 heterocycles. The first-order chi connectivity index (χ1) is 16.4. The lowest BCUT2D eigenvalue weighted by Gasteiger charge is -2.08. The number of benzene rings is 3. The summed E-state index contributed by atoms with van der Waals surface area (Å²) in [6.07, 6.45) is -0.209. The van der Waals surface area contributed by atoms with Gasteiger partial charge in [-0.15, -0.1) is 11.3 Å². The second-order valence-electron chi connectivity index (χ2n) is 7.45. The third-order valence-corrected chi connectivity index (χ3v) is 5.89. The van der Waals surface area contributed by atoms with Crippen LogP contribution in [-0.4, -0.2) is 28.6 Å². The van der Waals surface area contributed by atoms with Gasteiger partial charge in [0.05, 0.1) is 16.6 Å². The SMILES string of the molecule is N=C(CC(=O)Nc1ccc(C(N)=O)cc1)OC(=N)Cc1nc2ccc(-c3ccccc3)cc2s1. The van der Waals surface area contributed by atoms with Gasteiger partial charge < -0.3 is 15.8 Å². The Morgan fingerprint density at radius 3 is 2.38 bits per heavy atom. The van der Waals surface area contributed by atoms with Crippen molar-refractivity contribution in [3.05, 3.63) is 83.4 Å². The summed E-state index contributed by atoms with van der Waals surface area (Å²) in [6.45, 7) is 0. The number of carbonyl (C=O) groups is 2. The molecule has 2 amide bonds. The molecule has 0 radical (unpaired) electrons. The van der Waals surface area contributed by atoms with E-state index in [0.717, 1.165) is 21.3 Å². The number of ether oxygens (including phenoxy) is 1. The molecule has 0 unspecified atom stereocenters. The van der Waals surface area contributed by atoms with Crippen LogP contribution in [0.15, 0.2) is 72.8 Å². The van der Waals surface area contributed by atoms with E-state index in [1.165, 1.54) is 23.5 Å². The van der Waals surface area contributed by atoms with Gasteiger partial charge in [0.2, 0.25) is 11.8 Å². The van der Waals surface area contributed by atoms with Crippen LogP contribution in [0.5, 0.6) is 0 Å². The van der Waals surface area contributed by atoms with Crippen LogP contribution in [0.3, 0.4) is 0 Å². The number of hydrogen-bond acceptors (Lipinski definition) is 7. The zero-order valence-electron chi connectivity index (χ0n) is 18.0. The Labute approximate surface area is 199 Å². The molecule has 0 atom stereocenters. The molecular weight excluding hydrogens is 450 g/mol. The highest BCUT2D eigenvalue weighted by molar-refractivity contribution is 7.18. The quantitative estimate of drug-likeness (QED) is 0.231. The molecule has 0 aliphatic heterocycles. The van der Waals surface area contributed by atoms with E-state index >= 15 is 0 Å². The summed E-state index contributed by atoms with van der Waals surface area (Å²) in [6, 6.07) is 22.2. The van der Waals surface area contributed by atoms with Crippen LogP contribution in [0, 0.1) is 10.8 Å². The molecule has 0 spiro atoms. The van der Waals surface area contributed by atoms with Gasteiger partial charge in [0.25, 0.3) is 0 Å². The minimum Gasteiger partial charge on any atom is -0.429 e. The maximum atomic E-state index is 12.1. The summed E-state index contributed by atoms with van der Waals surface area (Å²) < 4.78 is 6.21. The summed E-state index contributed by atoms with van der Waals surface area (Å²) in [5, 5.41) is 19.3. The first-order valence-corrected chi connectivity index (χ1v) is 11.2. The number of aromatic nitrogens is 1. The molecule has 8 nitrogen and oxygen atoms in total. The number of thiazole rings is 1. The van der Waals surface area contributed by atoms with E-state index in [-0.39, 0.29) is 24.6 Å². The van der Waals surface area contributed by atoms with Gasteiger partial charge in [-0.25, -0.2) is 4.98 Å². The number of nitrogens with one attached hydrogen (secondary N) is 3. The number of hydrogen-bond donors (Lipinski definition) is 4. The van der Waals surface area contributed by atoms with Crippen molar-refractivity contribution < 1.29 is 14.3 Å². The lowest BCUT2D eigenvalue weighted by Crippen LogP contribution is -2.20. The number of primary amides is 1. The maximum Gasteiger partial charge on any atom is 0.248 e. The van der Waals surface area contributed by atoms with Crippen molar-refractivity contribution in [1.29, 1.82) is 10.8 Å². The summed E-state index contributed by atoms with van der Waals surface area (Å²) >= 11 is 1.47. The Bertz CT molecular complexity index is 1380. The normalized spacial score (nSPS) is 10.6. The standard InChI is InChI=1S/C25H21N5O3S/c26-21(13-23(31)29-18-9-6-16(7-10-18)25(28)32)33-22(27)14-24-30-19-11-8-17(12-20(19)34-24)15-4-2-1-3-5-15/h1-12,26-27H,13-14H2,(H2,28,32)(H,29,31).